The van der Waals surface area contributed by atoms with Crippen LogP contribution < -0.4 is 19.7 Å². The number of imide groups is 2. The summed E-state index contributed by atoms with van der Waals surface area (Å²) in [6.45, 7) is 0. The van der Waals surface area contributed by atoms with Crippen molar-refractivity contribution in [3.8, 4) is 11.5 Å². The maximum atomic E-state index is 13.2. The molecule has 152 valence electrons. The van der Waals surface area contributed by atoms with Crippen LogP contribution in [0.15, 0.2) is 54.2 Å². The smallest absolute Gasteiger partial charge is 0.336 e. The molecule has 1 saturated heterocycles. The molecular formula is C22H19N3O5. The van der Waals surface area contributed by atoms with Crippen LogP contribution in [0.2, 0.25) is 0 Å². The Morgan fingerprint density at radius 3 is 2.50 bits per heavy atom. The standard InChI is InChI=1S/C22H19N3O5/c1-24-12-13(15-6-4-5-7-17(15)24)10-16-20(26)23-22(28)25(21(16)27)18-11-14(29-2)8-9-19(18)30-3/h4-12H,1-3H3,(H,23,26,28)/b16-10-. The average molecular weight is 405 g/mol. The number of para-hydroxylation sites is 1. The van der Waals surface area contributed by atoms with Crippen LogP contribution in [0.1, 0.15) is 5.56 Å². The summed E-state index contributed by atoms with van der Waals surface area (Å²) in [6.07, 6.45) is 3.32. The van der Waals surface area contributed by atoms with Gasteiger partial charge in [-0.3, -0.25) is 14.9 Å². The van der Waals surface area contributed by atoms with Crippen LogP contribution in [0.3, 0.4) is 0 Å². The SMILES string of the molecule is COc1ccc(OC)c(N2C(=O)NC(=O)/C(=C/c3cn(C)c4ccccc34)C2=O)c1. The summed E-state index contributed by atoms with van der Waals surface area (Å²) in [4.78, 5) is 39.2. The van der Waals surface area contributed by atoms with Gasteiger partial charge >= 0.3 is 6.03 Å². The average Bonchev–Trinajstić information content (AvgIpc) is 3.06. The number of hydrogen-bond donors (Lipinski definition) is 1. The van der Waals surface area contributed by atoms with Crippen molar-refractivity contribution in [2.24, 2.45) is 7.05 Å². The van der Waals surface area contributed by atoms with E-state index in [1.807, 2.05) is 42.1 Å². The molecule has 0 unspecified atom stereocenters. The van der Waals surface area contributed by atoms with E-state index in [0.717, 1.165) is 15.8 Å². The van der Waals surface area contributed by atoms with Crippen molar-refractivity contribution >= 4 is 40.5 Å². The van der Waals surface area contributed by atoms with Crippen LogP contribution >= 0.6 is 0 Å². The van der Waals surface area contributed by atoms with Crippen LogP contribution in [-0.4, -0.2) is 36.6 Å². The molecule has 3 aromatic rings. The van der Waals surface area contributed by atoms with Crippen molar-refractivity contribution in [3.63, 3.8) is 0 Å². The molecule has 4 amide bonds. The lowest BCUT2D eigenvalue weighted by Crippen LogP contribution is -2.54. The highest BCUT2D eigenvalue weighted by molar-refractivity contribution is 6.39. The van der Waals surface area contributed by atoms with E-state index in [1.165, 1.54) is 26.4 Å². The first kappa shape index (κ1) is 19.3. The number of hydrogen-bond acceptors (Lipinski definition) is 5. The number of methoxy groups -OCH3 is 2. The quantitative estimate of drug-likeness (QED) is 0.533. The number of nitrogens with one attached hydrogen (secondary N) is 1. The van der Waals surface area contributed by atoms with Crippen LogP contribution in [0.4, 0.5) is 10.5 Å². The summed E-state index contributed by atoms with van der Waals surface area (Å²) in [6, 6.07) is 11.5. The second-order valence-corrected chi connectivity index (χ2v) is 6.71. The number of fused-ring (bicyclic) bond motifs is 1. The molecule has 0 atom stereocenters. The molecule has 1 aromatic heterocycles. The number of aryl methyl sites for hydroxylation is 1. The van der Waals surface area contributed by atoms with Gasteiger partial charge in [-0.25, -0.2) is 9.69 Å². The van der Waals surface area contributed by atoms with Gasteiger partial charge < -0.3 is 14.0 Å². The molecule has 1 fully saturated rings. The van der Waals surface area contributed by atoms with E-state index in [-0.39, 0.29) is 17.0 Å². The molecule has 2 heterocycles. The zero-order valence-corrected chi connectivity index (χ0v) is 16.6. The third-order valence-electron chi connectivity index (χ3n) is 4.96. The third-order valence-corrected chi connectivity index (χ3v) is 4.96. The van der Waals surface area contributed by atoms with E-state index < -0.39 is 17.8 Å². The monoisotopic (exact) mass is 405 g/mol. The van der Waals surface area contributed by atoms with Gasteiger partial charge in [0.1, 0.15) is 17.1 Å². The minimum absolute atomic E-state index is 0.157. The number of urea groups is 1. The Bertz CT molecular complexity index is 1220. The third kappa shape index (κ3) is 3.08. The van der Waals surface area contributed by atoms with Crippen molar-refractivity contribution in [1.82, 2.24) is 9.88 Å². The molecule has 0 aliphatic carbocycles. The number of benzene rings is 2. The largest absolute Gasteiger partial charge is 0.497 e. The Morgan fingerprint density at radius 2 is 1.77 bits per heavy atom. The number of rotatable bonds is 4. The van der Waals surface area contributed by atoms with Gasteiger partial charge in [0.05, 0.1) is 19.9 Å². The predicted molar refractivity (Wildman–Crippen MR) is 111 cm³/mol. The fourth-order valence-corrected chi connectivity index (χ4v) is 3.49. The van der Waals surface area contributed by atoms with Crippen molar-refractivity contribution < 1.29 is 23.9 Å². The van der Waals surface area contributed by atoms with E-state index in [9.17, 15) is 14.4 Å². The number of barbiturate groups is 1. The molecule has 0 saturated carbocycles. The molecular weight excluding hydrogens is 386 g/mol. The Hall–Kier alpha value is -4.07. The summed E-state index contributed by atoms with van der Waals surface area (Å²) in [7, 11) is 4.78. The van der Waals surface area contributed by atoms with E-state index in [0.29, 0.717) is 11.3 Å². The topological polar surface area (TPSA) is 89.9 Å². The maximum Gasteiger partial charge on any atom is 0.336 e. The first-order valence-electron chi connectivity index (χ1n) is 9.12. The minimum Gasteiger partial charge on any atom is -0.497 e. The molecule has 0 spiro atoms. The highest BCUT2D eigenvalue weighted by Gasteiger charge is 2.38. The molecule has 0 bridgehead atoms. The highest BCUT2D eigenvalue weighted by atomic mass is 16.5. The van der Waals surface area contributed by atoms with Crippen molar-refractivity contribution in [2.45, 2.75) is 0 Å². The van der Waals surface area contributed by atoms with Crippen molar-refractivity contribution in [1.29, 1.82) is 0 Å². The van der Waals surface area contributed by atoms with Gasteiger partial charge in [0.2, 0.25) is 0 Å². The van der Waals surface area contributed by atoms with Crippen molar-refractivity contribution in [3.05, 3.63) is 59.8 Å². The molecule has 1 N–H and O–H groups in total. The molecule has 8 nitrogen and oxygen atoms in total. The first-order valence-corrected chi connectivity index (χ1v) is 9.12. The van der Waals surface area contributed by atoms with Crippen LogP contribution in [0.5, 0.6) is 11.5 Å². The molecule has 1 aliphatic rings. The summed E-state index contributed by atoms with van der Waals surface area (Å²) < 4.78 is 12.4. The van der Waals surface area contributed by atoms with E-state index in [4.69, 9.17) is 9.47 Å². The lowest BCUT2D eigenvalue weighted by atomic mass is 10.1. The first-order chi connectivity index (χ1) is 14.4. The van der Waals surface area contributed by atoms with E-state index in [2.05, 4.69) is 5.32 Å². The number of amides is 4. The Morgan fingerprint density at radius 1 is 1.00 bits per heavy atom. The van der Waals surface area contributed by atoms with Crippen molar-refractivity contribution in [2.75, 3.05) is 19.1 Å². The molecule has 4 rings (SSSR count). The zero-order valence-electron chi connectivity index (χ0n) is 16.6. The van der Waals surface area contributed by atoms with Gasteiger partial charge in [0.15, 0.2) is 0 Å². The number of aromatic nitrogens is 1. The van der Waals surface area contributed by atoms with Gasteiger partial charge in [-0.2, -0.15) is 0 Å². The van der Waals surface area contributed by atoms with Gasteiger partial charge in [-0.05, 0) is 24.3 Å². The fraction of sp³-hybridized carbons (Fsp3) is 0.136. The number of carbonyl (C=O) groups is 3. The summed E-state index contributed by atoms with van der Waals surface area (Å²) in [5.74, 6) is -0.777. The molecule has 8 heteroatoms. The normalized spacial score (nSPS) is 15.6. The summed E-state index contributed by atoms with van der Waals surface area (Å²) in [5, 5.41) is 3.11. The summed E-state index contributed by atoms with van der Waals surface area (Å²) in [5.41, 5.74) is 1.67. The summed E-state index contributed by atoms with van der Waals surface area (Å²) >= 11 is 0. The molecule has 0 radical (unpaired) electrons. The van der Waals surface area contributed by atoms with Gasteiger partial charge in [0, 0.05) is 35.8 Å². The highest BCUT2D eigenvalue weighted by Crippen LogP contribution is 2.34. The number of ether oxygens (including phenoxy) is 2. The predicted octanol–water partition coefficient (Wildman–Crippen LogP) is 2.86. The van der Waals surface area contributed by atoms with Crippen LogP contribution in [-0.2, 0) is 16.6 Å². The maximum absolute atomic E-state index is 13.2. The fourth-order valence-electron chi connectivity index (χ4n) is 3.49. The van der Waals surface area contributed by atoms with Gasteiger partial charge in [-0.15, -0.1) is 0 Å². The Balaban J connectivity index is 1.83. The lowest BCUT2D eigenvalue weighted by Gasteiger charge is -2.27. The number of carbonyl (C=O) groups excluding carboxylic acids is 3. The molecule has 2 aromatic carbocycles. The number of anilines is 1. The Kier molecular flexibility index (Phi) is 4.75. The zero-order chi connectivity index (χ0) is 21.4. The number of nitrogens with zero attached hydrogens (tertiary/aromatic N) is 2. The molecule has 30 heavy (non-hydrogen) atoms. The second kappa shape index (κ2) is 7.40. The van der Waals surface area contributed by atoms with Gasteiger partial charge in [0.25, 0.3) is 11.8 Å². The van der Waals surface area contributed by atoms with Crippen LogP contribution in [0.25, 0.3) is 17.0 Å². The second-order valence-electron chi connectivity index (χ2n) is 6.71. The lowest BCUT2D eigenvalue weighted by molar-refractivity contribution is -0.122. The van der Waals surface area contributed by atoms with E-state index in [1.54, 1.807) is 12.1 Å². The van der Waals surface area contributed by atoms with E-state index >= 15 is 0 Å². The minimum atomic E-state index is -0.855. The van der Waals surface area contributed by atoms with Gasteiger partial charge in [-0.1, -0.05) is 18.2 Å². The molecule has 1 aliphatic heterocycles. The Labute approximate surface area is 172 Å². The van der Waals surface area contributed by atoms with Crippen LogP contribution in [0, 0.1) is 0 Å².